The highest BCUT2D eigenvalue weighted by Gasteiger charge is 2.28. The Bertz CT molecular complexity index is 973. The van der Waals surface area contributed by atoms with Crippen molar-refractivity contribution in [2.45, 2.75) is 19.9 Å². The number of carbonyl (C=O) groups is 1. The lowest BCUT2D eigenvalue weighted by Crippen LogP contribution is -2.54. The molecule has 1 unspecified atom stereocenters. The normalized spacial score (nSPS) is 16.9. The van der Waals surface area contributed by atoms with Crippen LogP contribution >= 0.6 is 0 Å². The minimum atomic E-state index is 0.0793. The first-order valence-electron chi connectivity index (χ1n) is 9.60. The Morgan fingerprint density at radius 2 is 1.79 bits per heavy atom. The molecule has 1 aromatic heterocycles. The van der Waals surface area contributed by atoms with Crippen LogP contribution in [0.15, 0.2) is 67.3 Å². The Morgan fingerprint density at radius 3 is 2.54 bits per heavy atom. The van der Waals surface area contributed by atoms with E-state index in [-0.39, 0.29) is 11.9 Å². The predicted octanol–water partition coefficient (Wildman–Crippen LogP) is 3.80. The summed E-state index contributed by atoms with van der Waals surface area (Å²) in [5.41, 5.74) is 5.10. The summed E-state index contributed by atoms with van der Waals surface area (Å²) in [4.78, 5) is 25.7. The summed E-state index contributed by atoms with van der Waals surface area (Å²) in [7, 11) is 0. The summed E-state index contributed by atoms with van der Waals surface area (Å²) in [6.45, 7) is 6.65. The first-order chi connectivity index (χ1) is 13.6. The molecule has 0 spiro atoms. The van der Waals surface area contributed by atoms with Gasteiger partial charge >= 0.3 is 0 Å². The third kappa shape index (κ3) is 3.60. The molecule has 1 atom stereocenters. The largest absolute Gasteiger partial charge is 0.367 e. The second kappa shape index (κ2) is 7.80. The second-order valence-electron chi connectivity index (χ2n) is 7.29. The summed E-state index contributed by atoms with van der Waals surface area (Å²) in [6, 6.07) is 16.3. The average Bonchev–Trinajstić information content (AvgIpc) is 2.74. The van der Waals surface area contributed by atoms with Crippen molar-refractivity contribution in [1.29, 1.82) is 0 Å². The number of aryl methyl sites for hydroxylation is 1. The lowest BCUT2D eigenvalue weighted by molar-refractivity contribution is 0.0674. The van der Waals surface area contributed by atoms with E-state index in [1.165, 1.54) is 17.6 Å². The Balaban J connectivity index is 1.51. The van der Waals surface area contributed by atoms with E-state index >= 15 is 0 Å². The Kier molecular flexibility index (Phi) is 5.06. The molecule has 28 heavy (non-hydrogen) atoms. The third-order valence-corrected chi connectivity index (χ3v) is 5.35. The molecule has 0 saturated carbocycles. The molecule has 3 aromatic rings. The topological polar surface area (TPSA) is 49.3 Å². The summed E-state index contributed by atoms with van der Waals surface area (Å²) >= 11 is 0. The first-order valence-corrected chi connectivity index (χ1v) is 9.60. The standard InChI is InChI=1S/C23H24N4O/c1-17-6-3-4-9-22(17)26-10-11-27(18(2)15-26)23(28)20-8-5-7-19(12-20)21-13-24-16-25-14-21/h3-9,12-14,16,18H,10-11,15H2,1-2H3. The van der Waals surface area contributed by atoms with Gasteiger partial charge in [-0.15, -0.1) is 0 Å². The van der Waals surface area contributed by atoms with Crippen LogP contribution in [-0.4, -0.2) is 46.5 Å². The lowest BCUT2D eigenvalue weighted by atomic mass is 10.0. The van der Waals surface area contributed by atoms with Gasteiger partial charge in [-0.05, 0) is 43.2 Å². The summed E-state index contributed by atoms with van der Waals surface area (Å²) in [5.74, 6) is 0.0793. The van der Waals surface area contributed by atoms with Crippen molar-refractivity contribution in [2.24, 2.45) is 0 Å². The van der Waals surface area contributed by atoms with E-state index in [9.17, 15) is 4.79 Å². The van der Waals surface area contributed by atoms with Crippen LogP contribution in [0, 0.1) is 6.92 Å². The number of hydrogen-bond acceptors (Lipinski definition) is 4. The molecule has 0 aliphatic carbocycles. The lowest BCUT2D eigenvalue weighted by Gasteiger charge is -2.41. The van der Waals surface area contributed by atoms with Gasteiger partial charge in [0.1, 0.15) is 6.33 Å². The average molecular weight is 372 g/mol. The van der Waals surface area contributed by atoms with Crippen molar-refractivity contribution in [1.82, 2.24) is 14.9 Å². The van der Waals surface area contributed by atoms with Gasteiger partial charge in [0.15, 0.2) is 0 Å². The number of para-hydroxylation sites is 1. The number of piperazine rings is 1. The summed E-state index contributed by atoms with van der Waals surface area (Å²) in [5, 5.41) is 0. The highest BCUT2D eigenvalue weighted by Crippen LogP contribution is 2.25. The minimum absolute atomic E-state index is 0.0793. The van der Waals surface area contributed by atoms with Crippen LogP contribution in [0.5, 0.6) is 0 Å². The molecule has 1 saturated heterocycles. The molecule has 5 nitrogen and oxygen atoms in total. The van der Waals surface area contributed by atoms with Crippen LogP contribution in [0.1, 0.15) is 22.8 Å². The van der Waals surface area contributed by atoms with Crippen LogP contribution in [0.4, 0.5) is 5.69 Å². The van der Waals surface area contributed by atoms with Gasteiger partial charge in [-0.2, -0.15) is 0 Å². The van der Waals surface area contributed by atoms with Crippen LogP contribution in [-0.2, 0) is 0 Å². The fourth-order valence-electron chi connectivity index (χ4n) is 3.84. The maximum atomic E-state index is 13.2. The zero-order valence-corrected chi connectivity index (χ0v) is 16.2. The third-order valence-electron chi connectivity index (χ3n) is 5.35. The number of hydrogen-bond donors (Lipinski definition) is 0. The van der Waals surface area contributed by atoms with E-state index in [4.69, 9.17) is 0 Å². The number of carbonyl (C=O) groups excluding carboxylic acids is 1. The number of rotatable bonds is 3. The quantitative estimate of drug-likeness (QED) is 0.702. The molecule has 5 heteroatoms. The summed E-state index contributed by atoms with van der Waals surface area (Å²) in [6.07, 6.45) is 5.04. The Hall–Kier alpha value is -3.21. The molecule has 1 fully saturated rings. The molecule has 0 radical (unpaired) electrons. The molecule has 142 valence electrons. The van der Waals surface area contributed by atoms with Crippen molar-refractivity contribution >= 4 is 11.6 Å². The first kappa shape index (κ1) is 18.2. The van der Waals surface area contributed by atoms with E-state index in [2.05, 4.69) is 53.0 Å². The van der Waals surface area contributed by atoms with Crippen LogP contribution in [0.25, 0.3) is 11.1 Å². The van der Waals surface area contributed by atoms with Gasteiger partial charge in [0.25, 0.3) is 5.91 Å². The SMILES string of the molecule is Cc1ccccc1N1CCN(C(=O)c2cccc(-c3cncnc3)c2)C(C)C1. The van der Waals surface area contributed by atoms with Crippen molar-refractivity contribution in [3.8, 4) is 11.1 Å². The molecule has 2 aromatic carbocycles. The van der Waals surface area contributed by atoms with E-state index < -0.39 is 0 Å². The Labute approximate surface area is 165 Å². The number of amides is 1. The maximum absolute atomic E-state index is 13.2. The number of aromatic nitrogens is 2. The number of nitrogens with zero attached hydrogens (tertiary/aromatic N) is 4. The molecule has 1 amide bonds. The molecular weight excluding hydrogens is 348 g/mol. The zero-order chi connectivity index (χ0) is 19.5. The van der Waals surface area contributed by atoms with Crippen LogP contribution in [0.2, 0.25) is 0 Å². The van der Waals surface area contributed by atoms with Gasteiger partial charge in [-0.1, -0.05) is 30.3 Å². The van der Waals surface area contributed by atoms with Crippen LogP contribution in [0.3, 0.4) is 0 Å². The minimum Gasteiger partial charge on any atom is -0.367 e. The van der Waals surface area contributed by atoms with Crippen LogP contribution < -0.4 is 4.90 Å². The zero-order valence-electron chi connectivity index (χ0n) is 16.2. The highest BCUT2D eigenvalue weighted by molar-refractivity contribution is 5.95. The molecular formula is C23H24N4O. The fourth-order valence-corrected chi connectivity index (χ4v) is 3.84. The Morgan fingerprint density at radius 1 is 1.00 bits per heavy atom. The smallest absolute Gasteiger partial charge is 0.254 e. The van der Waals surface area contributed by atoms with Gasteiger partial charge in [0, 0.05) is 54.9 Å². The van der Waals surface area contributed by atoms with Crippen molar-refractivity contribution in [3.05, 3.63) is 78.4 Å². The van der Waals surface area contributed by atoms with Crippen molar-refractivity contribution in [2.75, 3.05) is 24.5 Å². The highest BCUT2D eigenvalue weighted by atomic mass is 16.2. The monoisotopic (exact) mass is 372 g/mol. The van der Waals surface area contributed by atoms with E-state index in [0.29, 0.717) is 12.1 Å². The number of anilines is 1. The van der Waals surface area contributed by atoms with Gasteiger partial charge in [-0.3, -0.25) is 4.79 Å². The molecule has 1 aliphatic rings. The summed E-state index contributed by atoms with van der Waals surface area (Å²) < 4.78 is 0. The second-order valence-corrected chi connectivity index (χ2v) is 7.29. The van der Waals surface area contributed by atoms with E-state index in [0.717, 1.165) is 24.2 Å². The fraction of sp³-hybridized carbons (Fsp3) is 0.261. The van der Waals surface area contributed by atoms with Gasteiger partial charge in [0.05, 0.1) is 0 Å². The van der Waals surface area contributed by atoms with E-state index in [1.54, 1.807) is 12.4 Å². The maximum Gasteiger partial charge on any atom is 0.254 e. The van der Waals surface area contributed by atoms with Gasteiger partial charge < -0.3 is 9.80 Å². The molecule has 2 heterocycles. The predicted molar refractivity (Wildman–Crippen MR) is 111 cm³/mol. The van der Waals surface area contributed by atoms with Crippen molar-refractivity contribution in [3.63, 3.8) is 0 Å². The molecule has 1 aliphatic heterocycles. The van der Waals surface area contributed by atoms with Crippen molar-refractivity contribution < 1.29 is 4.79 Å². The molecule has 0 N–H and O–H groups in total. The number of benzene rings is 2. The molecule has 0 bridgehead atoms. The van der Waals surface area contributed by atoms with Gasteiger partial charge in [0.2, 0.25) is 0 Å². The van der Waals surface area contributed by atoms with Gasteiger partial charge in [-0.25, -0.2) is 9.97 Å². The molecule has 4 rings (SSSR count). The van der Waals surface area contributed by atoms with E-state index in [1.807, 2.05) is 29.2 Å².